The van der Waals surface area contributed by atoms with Gasteiger partial charge in [-0.05, 0) is 46.9 Å². The summed E-state index contributed by atoms with van der Waals surface area (Å²) in [4.78, 5) is 5.18. The minimum atomic E-state index is 1.09. The van der Waals surface area contributed by atoms with Gasteiger partial charge in [0.05, 0.1) is 10.2 Å². The van der Waals surface area contributed by atoms with E-state index in [0.29, 0.717) is 0 Å². The van der Waals surface area contributed by atoms with Gasteiger partial charge in [0, 0.05) is 10.9 Å². The van der Waals surface area contributed by atoms with Gasteiger partial charge in [-0.15, -0.1) is 11.3 Å². The lowest BCUT2D eigenvalue weighted by Gasteiger charge is -2.14. The van der Waals surface area contributed by atoms with E-state index in [1.54, 1.807) is 0 Å². The molecule has 0 unspecified atom stereocenters. The first-order valence-corrected chi connectivity index (χ1v) is 10.7. The second kappa shape index (κ2) is 6.29. The fourth-order valence-corrected chi connectivity index (χ4v) is 5.72. The van der Waals surface area contributed by atoms with Crippen LogP contribution >= 0.6 is 11.3 Å². The molecule has 0 spiro atoms. The van der Waals surface area contributed by atoms with E-state index in [1.165, 1.54) is 55.2 Å². The third-order valence-corrected chi connectivity index (χ3v) is 6.97. The lowest BCUT2D eigenvalue weighted by molar-refractivity contribution is 0.838. The Balaban J connectivity index is 1.77. The number of hydrogen-bond acceptors (Lipinski definition) is 2. The largest absolute Gasteiger partial charge is 0.236 e. The molecule has 0 bridgehead atoms. The van der Waals surface area contributed by atoms with Crippen LogP contribution in [-0.2, 0) is 12.8 Å². The number of fused-ring (bicyclic) bond motifs is 8. The van der Waals surface area contributed by atoms with Crippen molar-refractivity contribution in [1.82, 2.24) is 4.98 Å². The molecule has 1 nitrogen and oxygen atoms in total. The Morgan fingerprint density at radius 3 is 2.36 bits per heavy atom. The van der Waals surface area contributed by atoms with E-state index in [-0.39, 0.29) is 0 Å². The minimum Gasteiger partial charge on any atom is -0.236 e. The van der Waals surface area contributed by atoms with Gasteiger partial charge in [-0.2, -0.15) is 0 Å². The Morgan fingerprint density at radius 1 is 0.714 bits per heavy atom. The Labute approximate surface area is 168 Å². The maximum absolute atomic E-state index is 5.18. The highest BCUT2D eigenvalue weighted by atomic mass is 32.1. The first-order chi connectivity index (χ1) is 13.9. The third-order valence-electron chi connectivity index (χ3n) is 5.84. The molecule has 2 heteroatoms. The quantitative estimate of drug-likeness (QED) is 0.299. The van der Waals surface area contributed by atoms with E-state index in [4.69, 9.17) is 4.98 Å². The van der Waals surface area contributed by atoms with Gasteiger partial charge in [-0.1, -0.05) is 78.9 Å². The molecule has 0 saturated heterocycles. The Kier molecular flexibility index (Phi) is 3.60. The molecule has 0 aliphatic heterocycles. The van der Waals surface area contributed by atoms with Crippen LogP contribution in [0.3, 0.4) is 0 Å². The van der Waals surface area contributed by atoms with E-state index in [9.17, 15) is 0 Å². The van der Waals surface area contributed by atoms with Crippen molar-refractivity contribution in [3.05, 3.63) is 90.0 Å². The van der Waals surface area contributed by atoms with Crippen LogP contribution in [-0.4, -0.2) is 4.98 Å². The van der Waals surface area contributed by atoms with Gasteiger partial charge in [-0.3, -0.25) is 0 Å². The zero-order valence-electron chi connectivity index (χ0n) is 15.5. The first kappa shape index (κ1) is 16.0. The van der Waals surface area contributed by atoms with Crippen LogP contribution in [0, 0.1) is 0 Å². The van der Waals surface area contributed by atoms with Crippen molar-refractivity contribution in [3.8, 4) is 21.7 Å². The average Bonchev–Trinajstić information content (AvgIpc) is 3.11. The van der Waals surface area contributed by atoms with E-state index in [0.717, 1.165) is 17.8 Å². The summed E-state index contributed by atoms with van der Waals surface area (Å²) in [6.45, 7) is 0. The van der Waals surface area contributed by atoms with Crippen LogP contribution in [0.2, 0.25) is 0 Å². The Bertz CT molecular complexity index is 1330. The number of nitrogens with zero attached hydrogens (tertiary/aromatic N) is 1. The number of thiazole rings is 1. The molecule has 0 saturated carbocycles. The van der Waals surface area contributed by atoms with Gasteiger partial charge >= 0.3 is 0 Å². The molecular formula is C26H19NS. The van der Waals surface area contributed by atoms with Crippen LogP contribution in [0.4, 0.5) is 0 Å². The van der Waals surface area contributed by atoms with Crippen LogP contribution in [0.25, 0.3) is 42.7 Å². The summed E-state index contributed by atoms with van der Waals surface area (Å²) in [7, 11) is 0. The van der Waals surface area contributed by atoms with E-state index in [1.807, 2.05) is 11.3 Å². The SMILES string of the molecule is c1ccc(-c2nc3c4c(c5ccccc5c3s2)-c2ccccc2CCC4)cc1. The van der Waals surface area contributed by atoms with Crippen molar-refractivity contribution in [2.45, 2.75) is 19.3 Å². The fourth-order valence-electron chi connectivity index (χ4n) is 4.58. The van der Waals surface area contributed by atoms with Crippen LogP contribution < -0.4 is 0 Å². The number of benzene rings is 4. The van der Waals surface area contributed by atoms with Crippen LogP contribution in [0.1, 0.15) is 17.5 Å². The molecule has 1 aliphatic rings. The van der Waals surface area contributed by atoms with Gasteiger partial charge in [0.25, 0.3) is 0 Å². The summed E-state index contributed by atoms with van der Waals surface area (Å²) in [5.74, 6) is 0. The van der Waals surface area contributed by atoms with Crippen molar-refractivity contribution >= 4 is 32.3 Å². The molecule has 4 aromatic carbocycles. The number of rotatable bonds is 1. The molecule has 1 aromatic heterocycles. The summed E-state index contributed by atoms with van der Waals surface area (Å²) >= 11 is 1.83. The minimum absolute atomic E-state index is 1.09. The number of aryl methyl sites for hydroxylation is 2. The summed E-state index contributed by atoms with van der Waals surface area (Å²) in [6.07, 6.45) is 3.40. The standard InChI is InChI=1S/C26H19NS/c1-2-10-18(11-3-1)26-27-24-22-16-8-12-17-9-4-5-13-19(17)23(22)20-14-6-7-15-21(20)25(24)28-26/h1-7,9-11,13-15H,8,12,16H2. The van der Waals surface area contributed by atoms with Crippen LogP contribution in [0.5, 0.6) is 0 Å². The maximum Gasteiger partial charge on any atom is 0.124 e. The summed E-state index contributed by atoms with van der Waals surface area (Å²) < 4.78 is 1.33. The average molecular weight is 378 g/mol. The highest BCUT2D eigenvalue weighted by Crippen LogP contribution is 2.45. The molecule has 0 radical (unpaired) electrons. The van der Waals surface area contributed by atoms with Crippen molar-refractivity contribution in [3.63, 3.8) is 0 Å². The Morgan fingerprint density at radius 2 is 1.46 bits per heavy atom. The van der Waals surface area contributed by atoms with Gasteiger partial charge in [0.1, 0.15) is 5.01 Å². The normalized spacial score (nSPS) is 13.3. The van der Waals surface area contributed by atoms with Gasteiger partial charge in [0.2, 0.25) is 0 Å². The molecule has 134 valence electrons. The summed E-state index contributed by atoms with van der Waals surface area (Å²) in [5.41, 5.74) is 8.09. The third kappa shape index (κ3) is 2.35. The van der Waals surface area contributed by atoms with Gasteiger partial charge in [0.15, 0.2) is 0 Å². The highest BCUT2D eigenvalue weighted by molar-refractivity contribution is 7.22. The summed E-state index contributed by atoms with van der Waals surface area (Å²) in [5, 5.41) is 3.81. The monoisotopic (exact) mass is 377 g/mol. The van der Waals surface area contributed by atoms with Crippen molar-refractivity contribution in [2.24, 2.45) is 0 Å². The van der Waals surface area contributed by atoms with E-state index < -0.39 is 0 Å². The molecule has 1 heterocycles. The zero-order chi connectivity index (χ0) is 18.5. The second-order valence-electron chi connectivity index (χ2n) is 7.47. The Hall–Kier alpha value is -2.97. The molecular weight excluding hydrogens is 358 g/mol. The van der Waals surface area contributed by atoms with Crippen molar-refractivity contribution in [1.29, 1.82) is 0 Å². The van der Waals surface area contributed by atoms with Crippen molar-refractivity contribution in [2.75, 3.05) is 0 Å². The van der Waals surface area contributed by atoms with Gasteiger partial charge < -0.3 is 0 Å². The zero-order valence-corrected chi connectivity index (χ0v) is 16.3. The van der Waals surface area contributed by atoms with Crippen molar-refractivity contribution < 1.29 is 0 Å². The second-order valence-corrected chi connectivity index (χ2v) is 8.47. The lowest BCUT2D eigenvalue weighted by atomic mass is 9.90. The smallest absolute Gasteiger partial charge is 0.124 e. The predicted octanol–water partition coefficient (Wildman–Crippen LogP) is 7.27. The number of hydrogen-bond donors (Lipinski definition) is 0. The fraction of sp³-hybridized carbons (Fsp3) is 0.115. The molecule has 0 fully saturated rings. The molecule has 1 aliphatic carbocycles. The molecule has 28 heavy (non-hydrogen) atoms. The topological polar surface area (TPSA) is 12.9 Å². The number of aromatic nitrogens is 1. The van der Waals surface area contributed by atoms with Gasteiger partial charge in [-0.25, -0.2) is 4.98 Å². The highest BCUT2D eigenvalue weighted by Gasteiger charge is 2.22. The lowest BCUT2D eigenvalue weighted by Crippen LogP contribution is -1.92. The molecule has 5 aromatic rings. The molecule has 6 rings (SSSR count). The molecule has 0 atom stereocenters. The molecule has 0 N–H and O–H groups in total. The predicted molar refractivity (Wildman–Crippen MR) is 120 cm³/mol. The van der Waals surface area contributed by atoms with E-state index in [2.05, 4.69) is 78.9 Å². The summed E-state index contributed by atoms with van der Waals surface area (Å²) in [6, 6.07) is 28.4. The van der Waals surface area contributed by atoms with E-state index >= 15 is 0 Å². The maximum atomic E-state index is 5.18. The van der Waals surface area contributed by atoms with Crippen LogP contribution in [0.15, 0.2) is 78.9 Å². The molecule has 0 amide bonds. The first-order valence-electron chi connectivity index (χ1n) is 9.88.